The Labute approximate surface area is 156 Å². The third-order valence-corrected chi connectivity index (χ3v) is 4.71. The van der Waals surface area contributed by atoms with E-state index in [1.165, 1.54) is 27.5 Å². The van der Waals surface area contributed by atoms with E-state index in [2.05, 4.69) is 80.7 Å². The molecule has 0 saturated carbocycles. The fraction of sp³-hybridized carbons (Fsp3) is 0.273. The second-order valence-corrected chi connectivity index (χ2v) is 6.41. The smallest absolute Gasteiger partial charge is 0.121 e. The summed E-state index contributed by atoms with van der Waals surface area (Å²) in [6, 6.07) is 22.0. The van der Waals surface area contributed by atoms with Crippen LogP contribution >= 0.6 is 12.4 Å². The Kier molecular flexibility index (Phi) is 6.46. The highest BCUT2D eigenvalue weighted by atomic mass is 35.5. The van der Waals surface area contributed by atoms with Crippen molar-refractivity contribution < 1.29 is 4.74 Å². The van der Waals surface area contributed by atoms with E-state index in [0.29, 0.717) is 0 Å². The molecule has 0 fully saturated rings. The molecule has 2 nitrogen and oxygen atoms in total. The molecule has 2 atom stereocenters. The summed E-state index contributed by atoms with van der Waals surface area (Å²) in [6.45, 7) is 6.53. The highest BCUT2D eigenvalue weighted by Crippen LogP contribution is 2.28. The Balaban J connectivity index is 0.00000225. The van der Waals surface area contributed by atoms with Gasteiger partial charge in [0.15, 0.2) is 0 Å². The van der Waals surface area contributed by atoms with E-state index in [1.807, 2.05) is 6.07 Å². The number of hydrogen-bond acceptors (Lipinski definition) is 2. The lowest BCUT2D eigenvalue weighted by atomic mass is 9.98. The summed E-state index contributed by atoms with van der Waals surface area (Å²) in [7, 11) is 1.71. The second-order valence-electron chi connectivity index (χ2n) is 6.41. The minimum atomic E-state index is 0. The molecule has 3 aromatic rings. The molecule has 0 bridgehead atoms. The molecule has 3 heteroatoms. The van der Waals surface area contributed by atoms with Gasteiger partial charge in [0, 0.05) is 12.1 Å². The van der Waals surface area contributed by atoms with E-state index in [1.54, 1.807) is 7.11 Å². The van der Waals surface area contributed by atoms with Crippen molar-refractivity contribution >= 4 is 23.2 Å². The fourth-order valence-corrected chi connectivity index (χ4v) is 3.36. The third kappa shape index (κ3) is 4.15. The van der Waals surface area contributed by atoms with Crippen molar-refractivity contribution in [3.05, 3.63) is 77.4 Å². The van der Waals surface area contributed by atoms with Gasteiger partial charge in [0.05, 0.1) is 7.11 Å². The number of nitrogens with one attached hydrogen (secondary N) is 1. The summed E-state index contributed by atoms with van der Waals surface area (Å²) in [6.07, 6.45) is 0. The standard InChI is InChI=1S/C22H25NO.ClH/c1-15-14-19(12-13-22(15)24-4)16(2)23-17(3)20-11-7-9-18-8-5-6-10-21(18)20;/h5-14,16-17,23H,1-4H3;1H. The van der Waals surface area contributed by atoms with Crippen LogP contribution in [0.2, 0.25) is 0 Å². The number of rotatable bonds is 5. The quantitative estimate of drug-likeness (QED) is 0.606. The highest BCUT2D eigenvalue weighted by Gasteiger charge is 2.14. The predicted molar refractivity (Wildman–Crippen MR) is 109 cm³/mol. The first-order valence-electron chi connectivity index (χ1n) is 8.48. The zero-order valence-electron chi connectivity index (χ0n) is 15.2. The molecule has 3 rings (SSSR count). The molecule has 0 aliphatic carbocycles. The van der Waals surface area contributed by atoms with E-state index in [-0.39, 0.29) is 24.5 Å². The Morgan fingerprint density at radius 2 is 1.60 bits per heavy atom. The maximum atomic E-state index is 5.36. The molecule has 0 radical (unpaired) electrons. The van der Waals surface area contributed by atoms with Crippen molar-refractivity contribution in [2.24, 2.45) is 0 Å². The van der Waals surface area contributed by atoms with Gasteiger partial charge in [-0.2, -0.15) is 0 Å². The lowest BCUT2D eigenvalue weighted by Gasteiger charge is -2.22. The number of fused-ring (bicyclic) bond motifs is 1. The maximum Gasteiger partial charge on any atom is 0.121 e. The van der Waals surface area contributed by atoms with E-state index < -0.39 is 0 Å². The summed E-state index contributed by atoms with van der Waals surface area (Å²) < 4.78 is 5.36. The molecule has 132 valence electrons. The van der Waals surface area contributed by atoms with Crippen LogP contribution in [-0.4, -0.2) is 7.11 Å². The Bertz CT molecular complexity index is 841. The predicted octanol–water partition coefficient (Wildman–Crippen LogP) is 5.99. The van der Waals surface area contributed by atoms with Crippen LogP contribution < -0.4 is 10.1 Å². The zero-order chi connectivity index (χ0) is 17.1. The lowest BCUT2D eigenvalue weighted by Crippen LogP contribution is -2.22. The van der Waals surface area contributed by atoms with Crippen LogP contribution in [0.5, 0.6) is 5.75 Å². The van der Waals surface area contributed by atoms with Crippen molar-refractivity contribution in [3.63, 3.8) is 0 Å². The van der Waals surface area contributed by atoms with Crippen LogP contribution in [0.1, 0.15) is 42.6 Å². The minimum absolute atomic E-state index is 0. The molecule has 1 N–H and O–H groups in total. The Morgan fingerprint density at radius 1 is 0.880 bits per heavy atom. The first-order valence-corrected chi connectivity index (χ1v) is 8.48. The monoisotopic (exact) mass is 355 g/mol. The third-order valence-electron chi connectivity index (χ3n) is 4.71. The summed E-state index contributed by atoms with van der Waals surface area (Å²) in [5.74, 6) is 0.938. The number of benzene rings is 3. The van der Waals surface area contributed by atoms with Gasteiger partial charge >= 0.3 is 0 Å². The summed E-state index contributed by atoms with van der Waals surface area (Å²) in [5, 5.41) is 6.33. The van der Waals surface area contributed by atoms with Crippen LogP contribution in [0.25, 0.3) is 10.8 Å². The van der Waals surface area contributed by atoms with Crippen LogP contribution in [-0.2, 0) is 0 Å². The number of methoxy groups -OCH3 is 1. The van der Waals surface area contributed by atoms with Gasteiger partial charge in [-0.05, 0) is 54.3 Å². The lowest BCUT2D eigenvalue weighted by molar-refractivity contribution is 0.411. The van der Waals surface area contributed by atoms with Gasteiger partial charge in [0.2, 0.25) is 0 Å². The van der Waals surface area contributed by atoms with E-state index >= 15 is 0 Å². The zero-order valence-corrected chi connectivity index (χ0v) is 16.1. The first-order chi connectivity index (χ1) is 11.6. The number of halogens is 1. The summed E-state index contributed by atoms with van der Waals surface area (Å²) >= 11 is 0. The molecule has 0 spiro atoms. The largest absolute Gasteiger partial charge is 0.496 e. The van der Waals surface area contributed by atoms with Crippen molar-refractivity contribution in [3.8, 4) is 5.75 Å². The van der Waals surface area contributed by atoms with Gasteiger partial charge in [-0.15, -0.1) is 12.4 Å². The van der Waals surface area contributed by atoms with Crippen LogP contribution in [0.15, 0.2) is 60.7 Å². The summed E-state index contributed by atoms with van der Waals surface area (Å²) in [4.78, 5) is 0. The molecule has 0 aliphatic rings. The van der Waals surface area contributed by atoms with Gasteiger partial charge in [-0.1, -0.05) is 54.6 Å². The topological polar surface area (TPSA) is 21.3 Å². The van der Waals surface area contributed by atoms with Crippen molar-refractivity contribution in [2.75, 3.05) is 7.11 Å². The molecule has 3 aromatic carbocycles. The Morgan fingerprint density at radius 3 is 2.32 bits per heavy atom. The van der Waals surface area contributed by atoms with Gasteiger partial charge in [0.25, 0.3) is 0 Å². The average Bonchev–Trinajstić information content (AvgIpc) is 2.61. The molecular formula is C22H26ClNO. The normalized spacial score (nSPS) is 13.1. The fourth-order valence-electron chi connectivity index (χ4n) is 3.36. The minimum Gasteiger partial charge on any atom is -0.496 e. The Hall–Kier alpha value is -2.03. The second kappa shape index (κ2) is 8.37. The van der Waals surface area contributed by atoms with Crippen molar-refractivity contribution in [1.82, 2.24) is 5.32 Å². The highest BCUT2D eigenvalue weighted by molar-refractivity contribution is 5.86. The molecule has 25 heavy (non-hydrogen) atoms. The van der Waals surface area contributed by atoms with E-state index in [9.17, 15) is 0 Å². The average molecular weight is 356 g/mol. The van der Waals surface area contributed by atoms with Crippen LogP contribution in [0.3, 0.4) is 0 Å². The van der Waals surface area contributed by atoms with Gasteiger partial charge in [-0.25, -0.2) is 0 Å². The van der Waals surface area contributed by atoms with Crippen molar-refractivity contribution in [2.45, 2.75) is 32.9 Å². The first kappa shape index (κ1) is 19.3. The maximum absolute atomic E-state index is 5.36. The van der Waals surface area contributed by atoms with Gasteiger partial charge in [-0.3, -0.25) is 0 Å². The molecule has 0 amide bonds. The SMILES string of the molecule is COc1ccc(C(C)NC(C)c2cccc3ccccc23)cc1C.Cl. The number of ether oxygens (including phenoxy) is 1. The number of hydrogen-bond donors (Lipinski definition) is 1. The molecule has 0 aromatic heterocycles. The number of aryl methyl sites for hydroxylation is 1. The van der Waals surface area contributed by atoms with Crippen molar-refractivity contribution in [1.29, 1.82) is 0 Å². The molecule has 2 unspecified atom stereocenters. The molecule has 0 aliphatic heterocycles. The molecular weight excluding hydrogens is 330 g/mol. The van der Waals surface area contributed by atoms with Crippen LogP contribution in [0.4, 0.5) is 0 Å². The van der Waals surface area contributed by atoms with Gasteiger partial charge in [0.1, 0.15) is 5.75 Å². The molecule has 0 saturated heterocycles. The summed E-state index contributed by atoms with van der Waals surface area (Å²) in [5.41, 5.74) is 3.78. The van der Waals surface area contributed by atoms with E-state index in [0.717, 1.165) is 5.75 Å². The van der Waals surface area contributed by atoms with Gasteiger partial charge < -0.3 is 10.1 Å². The van der Waals surface area contributed by atoms with Crippen LogP contribution in [0, 0.1) is 6.92 Å². The van der Waals surface area contributed by atoms with E-state index in [4.69, 9.17) is 4.74 Å². The molecule has 0 heterocycles.